The molecule has 0 radical (unpaired) electrons. The van der Waals surface area contributed by atoms with E-state index in [2.05, 4.69) is 15.4 Å². The van der Waals surface area contributed by atoms with Gasteiger partial charge in [-0.2, -0.15) is 5.10 Å². The molecule has 1 aromatic carbocycles. The number of carbonyl (C=O) groups excluding carboxylic acids is 1. The van der Waals surface area contributed by atoms with Gasteiger partial charge in [0.15, 0.2) is 5.13 Å². The average Bonchev–Trinajstić information content (AvgIpc) is 3.23. The SMILES string of the molecule is COc1ccc(-c2csc(NC(=O)c3ccnn3C)n2)c(OC)c1. The molecule has 0 atom stereocenters. The number of ether oxygens (including phenoxy) is 2. The van der Waals surface area contributed by atoms with Crippen molar-refractivity contribution in [2.75, 3.05) is 19.5 Å². The number of nitrogens with zero attached hydrogens (tertiary/aromatic N) is 3. The van der Waals surface area contributed by atoms with Crippen LogP contribution in [0.3, 0.4) is 0 Å². The predicted molar refractivity (Wildman–Crippen MR) is 91.8 cm³/mol. The van der Waals surface area contributed by atoms with Crippen molar-refractivity contribution in [1.29, 1.82) is 0 Å². The zero-order chi connectivity index (χ0) is 17.1. The standard InChI is InChI=1S/C16H16N4O3S/c1-20-13(6-7-17-20)15(21)19-16-18-12(9-24-16)11-5-4-10(22-2)8-14(11)23-3/h4-9H,1-3H3,(H,18,19,21). The average molecular weight is 344 g/mol. The molecule has 1 N–H and O–H groups in total. The lowest BCUT2D eigenvalue weighted by molar-refractivity contribution is 0.101. The molecule has 7 nitrogen and oxygen atoms in total. The zero-order valence-electron chi connectivity index (χ0n) is 13.4. The number of rotatable bonds is 5. The summed E-state index contributed by atoms with van der Waals surface area (Å²) in [5, 5.41) is 9.13. The number of nitrogens with one attached hydrogen (secondary N) is 1. The molecule has 0 aliphatic rings. The lowest BCUT2D eigenvalue weighted by Crippen LogP contribution is -2.15. The van der Waals surface area contributed by atoms with Crippen LogP contribution in [0.25, 0.3) is 11.3 Å². The van der Waals surface area contributed by atoms with Crippen LogP contribution in [0.2, 0.25) is 0 Å². The highest BCUT2D eigenvalue weighted by atomic mass is 32.1. The van der Waals surface area contributed by atoms with Gasteiger partial charge >= 0.3 is 0 Å². The molecule has 2 heterocycles. The molecule has 124 valence electrons. The summed E-state index contributed by atoms with van der Waals surface area (Å²) in [6.07, 6.45) is 1.57. The number of aryl methyl sites for hydroxylation is 1. The third-order valence-electron chi connectivity index (χ3n) is 3.46. The molecule has 2 aromatic heterocycles. The molecule has 0 unspecified atom stereocenters. The molecule has 3 aromatic rings. The van der Waals surface area contributed by atoms with Gasteiger partial charge in [-0.3, -0.25) is 14.8 Å². The first kappa shape index (κ1) is 16.0. The van der Waals surface area contributed by atoms with Crippen LogP contribution in [-0.2, 0) is 7.05 Å². The van der Waals surface area contributed by atoms with Crippen molar-refractivity contribution in [3.8, 4) is 22.8 Å². The molecular weight excluding hydrogens is 328 g/mol. The van der Waals surface area contributed by atoms with Gasteiger partial charge < -0.3 is 9.47 Å². The summed E-state index contributed by atoms with van der Waals surface area (Å²) in [4.78, 5) is 16.7. The van der Waals surface area contributed by atoms with Gasteiger partial charge in [-0.05, 0) is 18.2 Å². The highest BCUT2D eigenvalue weighted by molar-refractivity contribution is 7.14. The van der Waals surface area contributed by atoms with E-state index in [1.54, 1.807) is 39.6 Å². The van der Waals surface area contributed by atoms with Crippen LogP contribution < -0.4 is 14.8 Å². The summed E-state index contributed by atoms with van der Waals surface area (Å²) < 4.78 is 12.1. The number of methoxy groups -OCH3 is 2. The number of hydrogen-bond acceptors (Lipinski definition) is 6. The molecule has 8 heteroatoms. The normalized spacial score (nSPS) is 10.5. The maximum absolute atomic E-state index is 12.2. The van der Waals surface area contributed by atoms with Gasteiger partial charge in [0.25, 0.3) is 5.91 Å². The molecule has 24 heavy (non-hydrogen) atoms. The third-order valence-corrected chi connectivity index (χ3v) is 4.22. The van der Waals surface area contributed by atoms with Crippen LogP contribution in [0.1, 0.15) is 10.5 Å². The Morgan fingerprint density at radius 2 is 2.08 bits per heavy atom. The quantitative estimate of drug-likeness (QED) is 0.770. The van der Waals surface area contributed by atoms with E-state index in [-0.39, 0.29) is 5.91 Å². The van der Waals surface area contributed by atoms with Crippen LogP contribution in [-0.4, -0.2) is 34.9 Å². The molecule has 0 bridgehead atoms. The zero-order valence-corrected chi connectivity index (χ0v) is 14.3. The fourth-order valence-corrected chi connectivity index (χ4v) is 2.93. The van der Waals surface area contributed by atoms with E-state index < -0.39 is 0 Å². The Balaban J connectivity index is 1.83. The number of thiazole rings is 1. The minimum atomic E-state index is -0.252. The van der Waals surface area contributed by atoms with Crippen molar-refractivity contribution in [3.63, 3.8) is 0 Å². The lowest BCUT2D eigenvalue weighted by Gasteiger charge is -2.08. The van der Waals surface area contributed by atoms with Gasteiger partial charge in [-0.15, -0.1) is 11.3 Å². The molecule has 0 fully saturated rings. The number of benzene rings is 1. The first-order valence-corrected chi connectivity index (χ1v) is 7.97. The molecule has 0 saturated heterocycles. The summed E-state index contributed by atoms with van der Waals surface area (Å²) in [5.41, 5.74) is 2.02. The van der Waals surface area contributed by atoms with Crippen LogP contribution >= 0.6 is 11.3 Å². The Hall–Kier alpha value is -2.87. The Morgan fingerprint density at radius 3 is 2.75 bits per heavy atom. The van der Waals surface area contributed by atoms with Gasteiger partial charge in [0.2, 0.25) is 0 Å². The second-order valence-electron chi connectivity index (χ2n) is 4.90. The van der Waals surface area contributed by atoms with Gasteiger partial charge in [-0.25, -0.2) is 4.98 Å². The number of aromatic nitrogens is 3. The van der Waals surface area contributed by atoms with Crippen molar-refractivity contribution >= 4 is 22.4 Å². The summed E-state index contributed by atoms with van der Waals surface area (Å²) in [5.74, 6) is 1.11. The highest BCUT2D eigenvalue weighted by Crippen LogP contribution is 2.34. The molecule has 1 amide bonds. The van der Waals surface area contributed by atoms with Crippen molar-refractivity contribution in [1.82, 2.24) is 14.8 Å². The number of carbonyl (C=O) groups is 1. The van der Waals surface area contributed by atoms with Gasteiger partial charge in [0, 0.05) is 30.3 Å². The molecule has 0 aliphatic heterocycles. The van der Waals surface area contributed by atoms with Crippen molar-refractivity contribution in [2.45, 2.75) is 0 Å². The molecule has 0 saturated carbocycles. The van der Waals surface area contributed by atoms with Gasteiger partial charge in [0.1, 0.15) is 17.2 Å². The minimum absolute atomic E-state index is 0.252. The monoisotopic (exact) mass is 344 g/mol. The summed E-state index contributed by atoms with van der Waals surface area (Å²) in [6, 6.07) is 7.16. The number of hydrogen-bond donors (Lipinski definition) is 1. The molecular formula is C16H16N4O3S. The Bertz CT molecular complexity index is 872. The fraction of sp³-hybridized carbons (Fsp3) is 0.188. The molecule has 0 aliphatic carbocycles. The fourth-order valence-electron chi connectivity index (χ4n) is 2.22. The van der Waals surface area contributed by atoms with E-state index in [4.69, 9.17) is 9.47 Å². The van der Waals surface area contributed by atoms with Crippen molar-refractivity contribution < 1.29 is 14.3 Å². The van der Waals surface area contributed by atoms with Crippen molar-refractivity contribution in [2.24, 2.45) is 7.05 Å². The summed E-state index contributed by atoms with van der Waals surface area (Å²) >= 11 is 1.35. The minimum Gasteiger partial charge on any atom is -0.497 e. The van der Waals surface area contributed by atoms with Gasteiger partial charge in [-0.1, -0.05) is 0 Å². The van der Waals surface area contributed by atoms with E-state index in [0.717, 1.165) is 11.3 Å². The highest BCUT2D eigenvalue weighted by Gasteiger charge is 2.15. The third kappa shape index (κ3) is 3.09. The summed E-state index contributed by atoms with van der Waals surface area (Å²) in [6.45, 7) is 0. The van der Waals surface area contributed by atoms with E-state index in [1.807, 2.05) is 17.5 Å². The topological polar surface area (TPSA) is 78.3 Å². The Labute approximate surface area is 142 Å². The molecule has 0 spiro atoms. The molecule has 3 rings (SSSR count). The number of anilines is 1. The van der Waals surface area contributed by atoms with E-state index in [0.29, 0.717) is 22.3 Å². The predicted octanol–water partition coefficient (Wildman–Crippen LogP) is 2.81. The number of amides is 1. The van der Waals surface area contributed by atoms with E-state index >= 15 is 0 Å². The second kappa shape index (κ2) is 6.71. The maximum Gasteiger partial charge on any atom is 0.275 e. The van der Waals surface area contributed by atoms with Crippen LogP contribution in [0, 0.1) is 0 Å². The Morgan fingerprint density at radius 1 is 1.25 bits per heavy atom. The summed E-state index contributed by atoms with van der Waals surface area (Å²) in [7, 11) is 4.91. The van der Waals surface area contributed by atoms with Crippen LogP contribution in [0.5, 0.6) is 11.5 Å². The van der Waals surface area contributed by atoms with E-state index in [1.165, 1.54) is 16.0 Å². The van der Waals surface area contributed by atoms with Crippen LogP contribution in [0.15, 0.2) is 35.8 Å². The smallest absolute Gasteiger partial charge is 0.275 e. The first-order chi connectivity index (χ1) is 11.6. The maximum atomic E-state index is 12.2. The second-order valence-corrected chi connectivity index (χ2v) is 5.76. The van der Waals surface area contributed by atoms with E-state index in [9.17, 15) is 4.79 Å². The lowest BCUT2D eigenvalue weighted by atomic mass is 10.1. The van der Waals surface area contributed by atoms with Crippen molar-refractivity contribution in [3.05, 3.63) is 41.5 Å². The van der Waals surface area contributed by atoms with Crippen LogP contribution in [0.4, 0.5) is 5.13 Å². The first-order valence-electron chi connectivity index (χ1n) is 7.09. The largest absolute Gasteiger partial charge is 0.497 e. The Kier molecular flexibility index (Phi) is 4.48. The van der Waals surface area contributed by atoms with Gasteiger partial charge in [0.05, 0.1) is 19.9 Å².